The normalized spacial score (nSPS) is 14.1. The Bertz CT molecular complexity index is 439. The Morgan fingerprint density at radius 2 is 2.06 bits per heavy atom. The Hall–Kier alpha value is -0.250. The van der Waals surface area contributed by atoms with Gasteiger partial charge in [-0.05, 0) is 31.0 Å². The van der Waals surface area contributed by atoms with Crippen LogP contribution in [0.15, 0.2) is 18.2 Å². The maximum atomic E-state index is 12.1. The molecule has 2 nitrogen and oxygen atoms in total. The van der Waals surface area contributed by atoms with Gasteiger partial charge in [-0.2, -0.15) is 0 Å². The maximum absolute atomic E-state index is 12.1. The van der Waals surface area contributed by atoms with Crippen LogP contribution in [0, 0.1) is 0 Å². The van der Waals surface area contributed by atoms with Gasteiger partial charge in [0.15, 0.2) is 0 Å². The Labute approximate surface area is 126 Å². The van der Waals surface area contributed by atoms with Crippen molar-refractivity contribution in [2.45, 2.75) is 31.1 Å². The minimum Gasteiger partial charge on any atom is -0.338 e. The molecule has 0 aliphatic rings. The van der Waals surface area contributed by atoms with Gasteiger partial charge < -0.3 is 4.90 Å². The van der Waals surface area contributed by atoms with E-state index in [-0.39, 0.29) is 16.8 Å². The molecular weight excluding hydrogens is 337 g/mol. The first-order valence-electron chi connectivity index (χ1n) is 5.74. The molecule has 2 unspecified atom stereocenters. The Kier molecular flexibility index (Phi) is 5.96. The third-order valence-electron chi connectivity index (χ3n) is 2.97. The van der Waals surface area contributed by atoms with Crippen LogP contribution in [0.5, 0.6) is 0 Å². The zero-order valence-corrected chi connectivity index (χ0v) is 13.7. The van der Waals surface area contributed by atoms with Crippen molar-refractivity contribution in [1.29, 1.82) is 0 Å². The fourth-order valence-electron chi connectivity index (χ4n) is 1.64. The quantitative estimate of drug-likeness (QED) is 0.720. The number of rotatable bonds is 4. The van der Waals surface area contributed by atoms with Crippen molar-refractivity contribution < 1.29 is 4.79 Å². The molecule has 0 radical (unpaired) electrons. The lowest BCUT2D eigenvalue weighted by Crippen LogP contribution is -2.35. The van der Waals surface area contributed by atoms with E-state index < -0.39 is 0 Å². The zero-order chi connectivity index (χ0) is 13.9. The van der Waals surface area contributed by atoms with Gasteiger partial charge in [0.05, 0.1) is 10.9 Å². The number of amides is 1. The van der Waals surface area contributed by atoms with E-state index in [0.29, 0.717) is 10.0 Å². The van der Waals surface area contributed by atoms with Crippen molar-refractivity contribution in [1.82, 2.24) is 4.90 Å². The summed E-state index contributed by atoms with van der Waals surface area (Å²) in [5.74, 6) is 0.0519. The molecule has 0 saturated heterocycles. The van der Waals surface area contributed by atoms with E-state index in [9.17, 15) is 4.79 Å². The first-order chi connectivity index (χ1) is 8.38. The first-order valence-corrected chi connectivity index (χ1v) is 7.41. The van der Waals surface area contributed by atoms with Crippen LogP contribution in [0.4, 0.5) is 0 Å². The van der Waals surface area contributed by atoms with Gasteiger partial charge in [0.25, 0.3) is 0 Å². The van der Waals surface area contributed by atoms with Crippen molar-refractivity contribution >= 4 is 45.0 Å². The highest BCUT2D eigenvalue weighted by Crippen LogP contribution is 2.29. The molecule has 18 heavy (non-hydrogen) atoms. The van der Waals surface area contributed by atoms with Gasteiger partial charge in [0, 0.05) is 17.1 Å². The third-order valence-corrected chi connectivity index (χ3v) is 4.57. The predicted octanol–water partition coefficient (Wildman–Crippen LogP) is 4.69. The zero-order valence-electron chi connectivity index (χ0n) is 10.6. The molecule has 1 aromatic carbocycles. The summed E-state index contributed by atoms with van der Waals surface area (Å²) in [6, 6.07) is 5.24. The van der Waals surface area contributed by atoms with Gasteiger partial charge in [0.1, 0.15) is 0 Å². The summed E-state index contributed by atoms with van der Waals surface area (Å²) in [6.07, 6.45) is 0.754. The van der Waals surface area contributed by atoms with Crippen LogP contribution >= 0.6 is 39.1 Å². The fourth-order valence-corrected chi connectivity index (χ4v) is 2.52. The molecule has 1 aromatic rings. The number of hydrogen-bond acceptors (Lipinski definition) is 1. The second-order valence-corrected chi connectivity index (χ2v) is 6.12. The molecule has 1 rings (SSSR count). The molecule has 5 heteroatoms. The SMILES string of the molecule is CCC(Br)C(=O)N(C)C(C)c1ccc(Cl)cc1Cl. The lowest BCUT2D eigenvalue weighted by molar-refractivity contribution is -0.131. The van der Waals surface area contributed by atoms with Gasteiger partial charge >= 0.3 is 0 Å². The number of nitrogens with zero attached hydrogens (tertiary/aromatic N) is 1. The maximum Gasteiger partial charge on any atom is 0.236 e. The highest BCUT2D eigenvalue weighted by atomic mass is 79.9. The summed E-state index contributed by atoms with van der Waals surface area (Å²) in [5, 5.41) is 1.18. The van der Waals surface area contributed by atoms with Crippen LogP contribution in [0.1, 0.15) is 31.9 Å². The van der Waals surface area contributed by atoms with Crippen LogP contribution in [0.2, 0.25) is 10.0 Å². The molecule has 0 aliphatic heterocycles. The fraction of sp³-hybridized carbons (Fsp3) is 0.462. The van der Waals surface area contributed by atoms with Crippen LogP contribution in [0.3, 0.4) is 0 Å². The number of halogens is 3. The second-order valence-electron chi connectivity index (χ2n) is 4.17. The first kappa shape index (κ1) is 15.8. The number of carbonyl (C=O) groups excluding carboxylic acids is 1. The van der Waals surface area contributed by atoms with Crippen molar-refractivity contribution in [3.63, 3.8) is 0 Å². The van der Waals surface area contributed by atoms with E-state index in [0.717, 1.165) is 12.0 Å². The Morgan fingerprint density at radius 1 is 1.44 bits per heavy atom. The minimum atomic E-state index is -0.156. The number of alkyl halides is 1. The molecule has 2 atom stereocenters. The Balaban J connectivity index is 2.92. The molecule has 0 bridgehead atoms. The van der Waals surface area contributed by atoms with Gasteiger partial charge in [-0.15, -0.1) is 0 Å². The molecule has 1 amide bonds. The summed E-state index contributed by atoms with van der Waals surface area (Å²) >= 11 is 15.4. The van der Waals surface area contributed by atoms with E-state index in [1.807, 2.05) is 19.9 Å². The molecule has 0 aromatic heterocycles. The van der Waals surface area contributed by atoms with E-state index in [4.69, 9.17) is 23.2 Å². The summed E-state index contributed by atoms with van der Waals surface area (Å²) in [5.41, 5.74) is 0.896. The van der Waals surface area contributed by atoms with Crippen molar-refractivity contribution in [2.75, 3.05) is 7.05 Å². The summed E-state index contributed by atoms with van der Waals surface area (Å²) in [4.78, 5) is 13.6. The molecule has 0 fully saturated rings. The molecule has 0 heterocycles. The number of hydrogen-bond donors (Lipinski definition) is 0. The lowest BCUT2D eigenvalue weighted by Gasteiger charge is -2.27. The Morgan fingerprint density at radius 3 is 2.56 bits per heavy atom. The standard InChI is InChI=1S/C13H16BrCl2NO/c1-4-11(14)13(18)17(3)8(2)10-6-5-9(15)7-12(10)16/h5-8,11H,4H2,1-3H3. The van der Waals surface area contributed by atoms with Crippen LogP contribution in [-0.4, -0.2) is 22.7 Å². The van der Waals surface area contributed by atoms with Crippen LogP contribution in [0.25, 0.3) is 0 Å². The number of benzene rings is 1. The van der Waals surface area contributed by atoms with E-state index in [1.54, 1.807) is 24.1 Å². The van der Waals surface area contributed by atoms with E-state index >= 15 is 0 Å². The summed E-state index contributed by atoms with van der Waals surface area (Å²) in [6.45, 7) is 3.91. The van der Waals surface area contributed by atoms with Crippen molar-refractivity contribution in [2.24, 2.45) is 0 Å². The smallest absolute Gasteiger partial charge is 0.236 e. The second kappa shape index (κ2) is 6.78. The van der Waals surface area contributed by atoms with Gasteiger partial charge in [-0.25, -0.2) is 0 Å². The summed E-state index contributed by atoms with van der Waals surface area (Å²) < 4.78 is 0. The molecule has 0 spiro atoms. The van der Waals surface area contributed by atoms with Gasteiger partial charge in [-0.1, -0.05) is 52.1 Å². The lowest BCUT2D eigenvalue weighted by atomic mass is 10.1. The molecule has 0 saturated carbocycles. The van der Waals surface area contributed by atoms with E-state index in [1.165, 1.54) is 0 Å². The largest absolute Gasteiger partial charge is 0.338 e. The predicted molar refractivity (Wildman–Crippen MR) is 80.7 cm³/mol. The van der Waals surface area contributed by atoms with Crippen molar-refractivity contribution in [3.8, 4) is 0 Å². The number of carbonyl (C=O) groups is 1. The molecule has 0 aliphatic carbocycles. The highest BCUT2D eigenvalue weighted by molar-refractivity contribution is 9.10. The average molecular weight is 353 g/mol. The molecule has 0 N–H and O–H groups in total. The van der Waals surface area contributed by atoms with Gasteiger partial charge in [0.2, 0.25) is 5.91 Å². The topological polar surface area (TPSA) is 20.3 Å². The van der Waals surface area contributed by atoms with E-state index in [2.05, 4.69) is 15.9 Å². The van der Waals surface area contributed by atoms with Gasteiger partial charge in [-0.3, -0.25) is 4.79 Å². The molecular formula is C13H16BrCl2NO. The summed E-state index contributed by atoms with van der Waals surface area (Å²) in [7, 11) is 1.78. The van der Waals surface area contributed by atoms with Crippen LogP contribution in [-0.2, 0) is 4.79 Å². The third kappa shape index (κ3) is 3.62. The highest BCUT2D eigenvalue weighted by Gasteiger charge is 2.23. The monoisotopic (exact) mass is 351 g/mol. The van der Waals surface area contributed by atoms with Crippen molar-refractivity contribution in [3.05, 3.63) is 33.8 Å². The minimum absolute atomic E-state index is 0.0519. The average Bonchev–Trinajstić information content (AvgIpc) is 2.35. The van der Waals surface area contributed by atoms with Crippen LogP contribution < -0.4 is 0 Å². The molecule has 100 valence electrons.